The number of carbonyl (C=O) groups is 1. The van der Waals surface area contributed by atoms with Crippen molar-refractivity contribution in [3.05, 3.63) is 104 Å². The van der Waals surface area contributed by atoms with Crippen LogP contribution in [0.1, 0.15) is 16.8 Å². The van der Waals surface area contributed by atoms with Crippen LogP contribution in [0.3, 0.4) is 0 Å². The molecule has 164 valence electrons. The zero-order valence-corrected chi connectivity index (χ0v) is 19.8. The summed E-state index contributed by atoms with van der Waals surface area (Å²) in [6.45, 7) is 2.48. The van der Waals surface area contributed by atoms with Gasteiger partial charge in [0.05, 0.1) is 0 Å². The molecule has 4 rings (SSSR count). The standard InChI is InChI=1S/C26H18Cl3N3O/c1-16-23(11-18(14-30)26(33)31-21-6-4-5-19(27)12-21)22-7-2-3-8-25(22)32(16)15-17-9-10-20(28)13-24(17)29/h2-13H,15H2,1H3,(H,31,33)/b18-11+. The van der Waals surface area contributed by atoms with E-state index in [-0.39, 0.29) is 5.57 Å². The summed E-state index contributed by atoms with van der Waals surface area (Å²) < 4.78 is 2.11. The van der Waals surface area contributed by atoms with Crippen molar-refractivity contribution in [1.29, 1.82) is 5.26 Å². The highest BCUT2D eigenvalue weighted by Crippen LogP contribution is 2.31. The zero-order valence-electron chi connectivity index (χ0n) is 17.6. The molecule has 0 saturated carbocycles. The summed E-state index contributed by atoms with van der Waals surface area (Å²) in [5.41, 5.74) is 4.11. The number of benzene rings is 3. The van der Waals surface area contributed by atoms with Crippen molar-refractivity contribution in [1.82, 2.24) is 4.57 Å². The van der Waals surface area contributed by atoms with Crippen LogP contribution in [-0.4, -0.2) is 10.5 Å². The Morgan fingerprint density at radius 3 is 2.52 bits per heavy atom. The minimum atomic E-state index is -0.503. The second kappa shape index (κ2) is 9.72. The van der Waals surface area contributed by atoms with Gasteiger partial charge in [0.1, 0.15) is 11.6 Å². The van der Waals surface area contributed by atoms with Gasteiger partial charge in [0.2, 0.25) is 0 Å². The number of nitrogens with zero attached hydrogens (tertiary/aromatic N) is 2. The number of rotatable bonds is 5. The Morgan fingerprint density at radius 1 is 1.03 bits per heavy atom. The number of para-hydroxylation sites is 1. The molecule has 4 nitrogen and oxygen atoms in total. The molecule has 0 atom stereocenters. The second-order valence-corrected chi connectivity index (χ2v) is 8.75. The van der Waals surface area contributed by atoms with E-state index in [2.05, 4.69) is 9.88 Å². The van der Waals surface area contributed by atoms with Gasteiger partial charge in [-0.05, 0) is 55.0 Å². The van der Waals surface area contributed by atoms with Gasteiger partial charge in [-0.1, -0.05) is 65.1 Å². The van der Waals surface area contributed by atoms with E-state index < -0.39 is 5.91 Å². The van der Waals surface area contributed by atoms with Crippen molar-refractivity contribution in [3.63, 3.8) is 0 Å². The van der Waals surface area contributed by atoms with Gasteiger partial charge in [0.25, 0.3) is 5.91 Å². The maximum absolute atomic E-state index is 12.8. The molecule has 7 heteroatoms. The third-order valence-electron chi connectivity index (χ3n) is 5.36. The lowest BCUT2D eigenvalue weighted by Gasteiger charge is -2.11. The van der Waals surface area contributed by atoms with Crippen LogP contribution >= 0.6 is 34.8 Å². The van der Waals surface area contributed by atoms with Gasteiger partial charge in [0.15, 0.2) is 0 Å². The monoisotopic (exact) mass is 493 g/mol. The summed E-state index contributed by atoms with van der Waals surface area (Å²) in [6.07, 6.45) is 1.62. The molecule has 0 radical (unpaired) electrons. The number of fused-ring (bicyclic) bond motifs is 1. The molecule has 0 bridgehead atoms. The largest absolute Gasteiger partial charge is 0.340 e. The predicted octanol–water partition coefficient (Wildman–Crippen LogP) is 7.50. The summed E-state index contributed by atoms with van der Waals surface area (Å²) in [4.78, 5) is 12.8. The molecule has 0 aliphatic heterocycles. The number of anilines is 1. The molecule has 1 amide bonds. The van der Waals surface area contributed by atoms with Crippen LogP contribution in [0.15, 0.2) is 72.3 Å². The van der Waals surface area contributed by atoms with Crippen LogP contribution in [0.4, 0.5) is 5.69 Å². The number of amides is 1. The van der Waals surface area contributed by atoms with Gasteiger partial charge in [-0.15, -0.1) is 0 Å². The topological polar surface area (TPSA) is 57.8 Å². The Hall–Kier alpha value is -3.23. The Bertz CT molecular complexity index is 1450. The SMILES string of the molecule is Cc1c(/C=C(\C#N)C(=O)Nc2cccc(Cl)c2)c2ccccc2n1Cc1ccc(Cl)cc1Cl. The Morgan fingerprint density at radius 2 is 1.79 bits per heavy atom. The van der Waals surface area contributed by atoms with Crippen LogP contribution in [0.25, 0.3) is 17.0 Å². The highest BCUT2D eigenvalue weighted by molar-refractivity contribution is 6.35. The van der Waals surface area contributed by atoms with E-state index in [1.54, 1.807) is 42.5 Å². The van der Waals surface area contributed by atoms with Gasteiger partial charge < -0.3 is 9.88 Å². The summed E-state index contributed by atoms with van der Waals surface area (Å²) in [6, 6.07) is 22.1. The fourth-order valence-electron chi connectivity index (χ4n) is 3.72. The first-order valence-electron chi connectivity index (χ1n) is 10.1. The molecule has 0 spiro atoms. The number of aromatic nitrogens is 1. The number of carbonyl (C=O) groups excluding carboxylic acids is 1. The smallest absolute Gasteiger partial charge is 0.266 e. The van der Waals surface area contributed by atoms with E-state index in [0.717, 1.165) is 27.7 Å². The lowest BCUT2D eigenvalue weighted by atomic mass is 10.1. The van der Waals surface area contributed by atoms with Crippen LogP contribution in [-0.2, 0) is 11.3 Å². The van der Waals surface area contributed by atoms with Gasteiger partial charge in [0, 0.05) is 49.5 Å². The van der Waals surface area contributed by atoms with E-state index in [0.29, 0.717) is 27.3 Å². The Labute approximate surface area is 206 Å². The van der Waals surface area contributed by atoms with Crippen molar-refractivity contribution in [2.75, 3.05) is 5.32 Å². The average molecular weight is 495 g/mol. The van der Waals surface area contributed by atoms with E-state index in [4.69, 9.17) is 34.8 Å². The third-order valence-corrected chi connectivity index (χ3v) is 6.18. The first kappa shape index (κ1) is 22.9. The number of nitriles is 1. The molecule has 0 aliphatic carbocycles. The lowest BCUT2D eigenvalue weighted by Crippen LogP contribution is -2.13. The average Bonchev–Trinajstić information content (AvgIpc) is 3.04. The number of nitrogens with one attached hydrogen (secondary N) is 1. The molecule has 1 aromatic heterocycles. The highest BCUT2D eigenvalue weighted by atomic mass is 35.5. The van der Waals surface area contributed by atoms with Crippen molar-refractivity contribution < 1.29 is 4.79 Å². The van der Waals surface area contributed by atoms with E-state index in [1.807, 2.05) is 43.3 Å². The maximum Gasteiger partial charge on any atom is 0.266 e. The van der Waals surface area contributed by atoms with E-state index in [1.165, 1.54) is 0 Å². The zero-order chi connectivity index (χ0) is 23.5. The molecule has 33 heavy (non-hydrogen) atoms. The molecule has 0 saturated heterocycles. The van der Waals surface area contributed by atoms with Gasteiger partial charge in [-0.25, -0.2) is 0 Å². The molecule has 0 unspecified atom stereocenters. The molecular weight excluding hydrogens is 477 g/mol. The van der Waals surface area contributed by atoms with Gasteiger partial charge in [-0.3, -0.25) is 4.79 Å². The van der Waals surface area contributed by atoms with Crippen molar-refractivity contribution in [2.24, 2.45) is 0 Å². The molecule has 4 aromatic rings. The fraction of sp³-hybridized carbons (Fsp3) is 0.0769. The minimum absolute atomic E-state index is 0.00879. The van der Waals surface area contributed by atoms with Crippen molar-refractivity contribution in [2.45, 2.75) is 13.5 Å². The first-order valence-corrected chi connectivity index (χ1v) is 11.2. The molecular formula is C26H18Cl3N3O. The van der Waals surface area contributed by atoms with Crippen molar-refractivity contribution >= 4 is 63.4 Å². The fourth-order valence-corrected chi connectivity index (χ4v) is 4.38. The van der Waals surface area contributed by atoms with Gasteiger partial charge >= 0.3 is 0 Å². The summed E-state index contributed by atoms with van der Waals surface area (Å²) >= 11 is 18.5. The highest BCUT2D eigenvalue weighted by Gasteiger charge is 2.17. The number of halogens is 3. The van der Waals surface area contributed by atoms with Crippen LogP contribution in [0, 0.1) is 18.3 Å². The van der Waals surface area contributed by atoms with Crippen LogP contribution in [0.5, 0.6) is 0 Å². The second-order valence-electron chi connectivity index (χ2n) is 7.47. The quantitative estimate of drug-likeness (QED) is 0.231. The Kier molecular flexibility index (Phi) is 6.76. The minimum Gasteiger partial charge on any atom is -0.340 e. The maximum atomic E-state index is 12.8. The Balaban J connectivity index is 1.75. The van der Waals surface area contributed by atoms with Crippen LogP contribution in [0.2, 0.25) is 15.1 Å². The molecule has 1 heterocycles. The number of hydrogen-bond acceptors (Lipinski definition) is 2. The number of hydrogen-bond donors (Lipinski definition) is 1. The summed E-state index contributed by atoms with van der Waals surface area (Å²) in [5, 5.41) is 15.0. The van der Waals surface area contributed by atoms with Crippen molar-refractivity contribution in [3.8, 4) is 6.07 Å². The molecule has 0 fully saturated rings. The molecule has 1 N–H and O–H groups in total. The van der Waals surface area contributed by atoms with E-state index in [9.17, 15) is 10.1 Å². The third kappa shape index (κ3) is 4.91. The molecule has 3 aromatic carbocycles. The summed E-state index contributed by atoms with van der Waals surface area (Å²) in [5.74, 6) is -0.503. The first-order chi connectivity index (χ1) is 15.9. The lowest BCUT2D eigenvalue weighted by molar-refractivity contribution is -0.112. The van der Waals surface area contributed by atoms with E-state index >= 15 is 0 Å². The predicted molar refractivity (Wildman–Crippen MR) is 136 cm³/mol. The normalized spacial score (nSPS) is 11.4. The summed E-state index contributed by atoms with van der Waals surface area (Å²) in [7, 11) is 0. The van der Waals surface area contributed by atoms with Gasteiger partial charge in [-0.2, -0.15) is 5.26 Å². The molecule has 0 aliphatic rings. The van der Waals surface area contributed by atoms with Crippen LogP contribution < -0.4 is 5.32 Å².